The number of ether oxygens (including phenoxy) is 1. The van der Waals surface area contributed by atoms with E-state index in [1.807, 2.05) is 48.5 Å². The highest BCUT2D eigenvalue weighted by molar-refractivity contribution is 9.10. The van der Waals surface area contributed by atoms with Crippen molar-refractivity contribution in [3.05, 3.63) is 88.3 Å². The molecule has 0 atom stereocenters. The van der Waals surface area contributed by atoms with Gasteiger partial charge < -0.3 is 15.8 Å². The van der Waals surface area contributed by atoms with Crippen molar-refractivity contribution >= 4 is 50.3 Å². The number of carbonyl (C=O) groups excluding carboxylic acids is 2. The number of nitrogens with two attached hydrogens (primary N) is 1. The van der Waals surface area contributed by atoms with E-state index in [0.717, 1.165) is 32.2 Å². The van der Waals surface area contributed by atoms with Crippen LogP contribution in [0.2, 0.25) is 0 Å². The molecule has 1 amide bonds. The van der Waals surface area contributed by atoms with Crippen LogP contribution in [0, 0.1) is 0 Å². The number of pyridine rings is 1. The first kappa shape index (κ1) is 20.4. The second kappa shape index (κ2) is 8.88. The summed E-state index contributed by atoms with van der Waals surface area (Å²) in [6.07, 6.45) is 0.693. The predicted molar refractivity (Wildman–Crippen MR) is 119 cm³/mol. The number of primary amides is 1. The molecular formula is C22H16BrN5O3. The van der Waals surface area contributed by atoms with Crippen LogP contribution < -0.4 is 11.1 Å². The molecule has 0 saturated heterocycles. The molecular weight excluding hydrogens is 462 g/mol. The van der Waals surface area contributed by atoms with Gasteiger partial charge >= 0.3 is 12.1 Å². The Morgan fingerprint density at radius 2 is 1.81 bits per heavy atom. The first-order valence-corrected chi connectivity index (χ1v) is 10.0. The molecule has 0 spiro atoms. The standard InChI is InChI=1S/C22H16BrN5O3/c23-14-4-3-5-15(12-14)26-20-17-7-2-1-6-16(17)18(27-28-20)10-13-8-9-25-19(11-13)21(29)31-22(24)30/h1-9,11-12H,10H2,(H2,24,30)(H,26,28). The van der Waals surface area contributed by atoms with Gasteiger partial charge in [-0.25, -0.2) is 14.6 Å². The summed E-state index contributed by atoms with van der Waals surface area (Å²) in [6, 6.07) is 18.9. The molecule has 0 aliphatic carbocycles. The van der Waals surface area contributed by atoms with E-state index in [9.17, 15) is 9.59 Å². The van der Waals surface area contributed by atoms with Crippen molar-refractivity contribution in [1.82, 2.24) is 15.2 Å². The minimum absolute atomic E-state index is 0.0125. The molecule has 0 fully saturated rings. The van der Waals surface area contributed by atoms with Crippen LogP contribution in [0.25, 0.3) is 10.8 Å². The number of halogens is 1. The van der Waals surface area contributed by atoms with E-state index in [4.69, 9.17) is 5.73 Å². The molecule has 0 saturated carbocycles. The average Bonchev–Trinajstić information content (AvgIpc) is 2.75. The van der Waals surface area contributed by atoms with Crippen LogP contribution in [0.4, 0.5) is 16.3 Å². The predicted octanol–water partition coefficient (Wildman–Crippen LogP) is 4.36. The molecule has 0 aliphatic heterocycles. The third kappa shape index (κ3) is 4.84. The Hall–Kier alpha value is -3.85. The van der Waals surface area contributed by atoms with Gasteiger partial charge in [0.15, 0.2) is 5.82 Å². The molecule has 2 heterocycles. The largest absolute Gasteiger partial charge is 0.412 e. The third-order valence-corrected chi connectivity index (χ3v) is 4.94. The van der Waals surface area contributed by atoms with Gasteiger partial charge in [0.05, 0.1) is 5.69 Å². The van der Waals surface area contributed by atoms with Gasteiger partial charge in [0.25, 0.3) is 0 Å². The fraction of sp³-hybridized carbons (Fsp3) is 0.0455. The molecule has 4 aromatic rings. The van der Waals surface area contributed by atoms with Crippen molar-refractivity contribution in [2.45, 2.75) is 6.42 Å². The van der Waals surface area contributed by atoms with Crippen molar-refractivity contribution in [3.63, 3.8) is 0 Å². The zero-order valence-electron chi connectivity index (χ0n) is 16.1. The first-order valence-electron chi connectivity index (χ1n) is 9.23. The summed E-state index contributed by atoms with van der Waals surface area (Å²) >= 11 is 3.46. The Bertz CT molecular complexity index is 1300. The molecule has 0 bridgehead atoms. The lowest BCUT2D eigenvalue weighted by atomic mass is 10.0. The number of hydrogen-bond donors (Lipinski definition) is 2. The Morgan fingerprint density at radius 1 is 1.00 bits per heavy atom. The Labute approximate surface area is 185 Å². The van der Waals surface area contributed by atoms with Crippen molar-refractivity contribution < 1.29 is 14.3 Å². The summed E-state index contributed by atoms with van der Waals surface area (Å²) in [4.78, 5) is 26.6. The number of nitrogens with zero attached hydrogens (tertiary/aromatic N) is 3. The molecule has 31 heavy (non-hydrogen) atoms. The van der Waals surface area contributed by atoms with Crippen LogP contribution in [0.3, 0.4) is 0 Å². The summed E-state index contributed by atoms with van der Waals surface area (Å²) < 4.78 is 5.34. The summed E-state index contributed by atoms with van der Waals surface area (Å²) in [5.41, 5.74) is 7.26. The molecule has 9 heteroatoms. The van der Waals surface area contributed by atoms with Gasteiger partial charge in [0, 0.05) is 33.6 Å². The zero-order valence-corrected chi connectivity index (χ0v) is 17.7. The lowest BCUT2D eigenvalue weighted by molar-refractivity contribution is 0.0632. The number of benzene rings is 2. The molecule has 8 nitrogen and oxygen atoms in total. The topological polar surface area (TPSA) is 120 Å². The lowest BCUT2D eigenvalue weighted by Gasteiger charge is -2.11. The number of anilines is 2. The van der Waals surface area contributed by atoms with E-state index >= 15 is 0 Å². The van der Waals surface area contributed by atoms with E-state index in [-0.39, 0.29) is 5.69 Å². The number of hydrogen-bond acceptors (Lipinski definition) is 7. The summed E-state index contributed by atoms with van der Waals surface area (Å²) in [5, 5.41) is 13.9. The Morgan fingerprint density at radius 3 is 2.58 bits per heavy atom. The minimum atomic E-state index is -1.18. The third-order valence-electron chi connectivity index (χ3n) is 4.45. The van der Waals surface area contributed by atoms with Crippen molar-refractivity contribution in [1.29, 1.82) is 0 Å². The van der Waals surface area contributed by atoms with Gasteiger partial charge in [-0.3, -0.25) is 0 Å². The van der Waals surface area contributed by atoms with Gasteiger partial charge in [0.1, 0.15) is 5.69 Å². The van der Waals surface area contributed by atoms with Crippen molar-refractivity contribution in [2.75, 3.05) is 5.32 Å². The normalized spacial score (nSPS) is 10.6. The number of carbonyl (C=O) groups is 2. The number of aromatic nitrogens is 3. The monoisotopic (exact) mass is 477 g/mol. The van der Waals surface area contributed by atoms with Crippen molar-refractivity contribution in [2.24, 2.45) is 5.73 Å². The van der Waals surface area contributed by atoms with Gasteiger partial charge in [-0.05, 0) is 35.9 Å². The summed E-state index contributed by atoms with van der Waals surface area (Å²) in [6.45, 7) is 0. The number of nitrogens with one attached hydrogen (secondary N) is 1. The quantitative estimate of drug-likeness (QED) is 0.323. The van der Waals surface area contributed by atoms with Gasteiger partial charge in [0.2, 0.25) is 0 Å². The van der Waals surface area contributed by atoms with Crippen LogP contribution in [-0.2, 0) is 11.2 Å². The molecule has 0 unspecified atom stereocenters. The van der Waals surface area contributed by atoms with Gasteiger partial charge in [-0.15, -0.1) is 5.10 Å². The molecule has 2 aromatic heterocycles. The molecule has 0 radical (unpaired) electrons. The van der Waals surface area contributed by atoms with Crippen LogP contribution in [0.15, 0.2) is 71.3 Å². The molecule has 3 N–H and O–H groups in total. The van der Waals surface area contributed by atoms with E-state index in [1.165, 1.54) is 12.3 Å². The first-order chi connectivity index (χ1) is 15.0. The maximum atomic E-state index is 11.9. The van der Waals surface area contributed by atoms with E-state index in [1.54, 1.807) is 6.07 Å². The minimum Gasteiger partial charge on any atom is -0.372 e. The van der Waals surface area contributed by atoms with Crippen LogP contribution in [0.1, 0.15) is 21.7 Å². The van der Waals surface area contributed by atoms with Crippen molar-refractivity contribution in [3.8, 4) is 0 Å². The van der Waals surface area contributed by atoms with Crippen LogP contribution in [-0.4, -0.2) is 27.2 Å². The summed E-state index contributed by atoms with van der Waals surface area (Å²) in [7, 11) is 0. The number of amides is 1. The summed E-state index contributed by atoms with van der Waals surface area (Å²) in [5.74, 6) is -0.267. The van der Waals surface area contributed by atoms with Gasteiger partial charge in [-0.2, -0.15) is 5.10 Å². The fourth-order valence-electron chi connectivity index (χ4n) is 3.12. The zero-order chi connectivity index (χ0) is 21.8. The molecule has 4 rings (SSSR count). The second-order valence-electron chi connectivity index (χ2n) is 6.61. The second-order valence-corrected chi connectivity index (χ2v) is 7.53. The lowest BCUT2D eigenvalue weighted by Crippen LogP contribution is -2.19. The smallest absolute Gasteiger partial charge is 0.372 e. The van der Waals surface area contributed by atoms with Crippen LogP contribution >= 0.6 is 15.9 Å². The highest BCUT2D eigenvalue weighted by atomic mass is 79.9. The van der Waals surface area contributed by atoms with Gasteiger partial charge in [-0.1, -0.05) is 46.3 Å². The van der Waals surface area contributed by atoms with E-state index in [0.29, 0.717) is 12.2 Å². The van der Waals surface area contributed by atoms with E-state index in [2.05, 4.69) is 41.2 Å². The molecule has 154 valence electrons. The highest BCUT2D eigenvalue weighted by Crippen LogP contribution is 2.27. The Kier molecular flexibility index (Phi) is 5.85. The highest BCUT2D eigenvalue weighted by Gasteiger charge is 2.14. The number of esters is 1. The van der Waals surface area contributed by atoms with E-state index < -0.39 is 12.1 Å². The maximum Gasteiger partial charge on any atom is 0.412 e. The fourth-order valence-corrected chi connectivity index (χ4v) is 3.52. The number of fused-ring (bicyclic) bond motifs is 1. The maximum absolute atomic E-state index is 11.9. The average molecular weight is 478 g/mol. The van der Waals surface area contributed by atoms with Crippen LogP contribution in [0.5, 0.6) is 0 Å². The Balaban J connectivity index is 1.65. The molecule has 0 aliphatic rings. The SMILES string of the molecule is NC(=O)OC(=O)c1cc(Cc2nnc(Nc3cccc(Br)c3)c3ccccc23)ccn1. The molecule has 2 aromatic carbocycles. The number of rotatable bonds is 5.